The van der Waals surface area contributed by atoms with E-state index in [0.29, 0.717) is 11.8 Å². The van der Waals surface area contributed by atoms with Crippen LogP contribution in [0.2, 0.25) is 0 Å². The van der Waals surface area contributed by atoms with Crippen LogP contribution in [-0.4, -0.2) is 6.54 Å². The quantitative estimate of drug-likeness (QED) is 0.853. The molecule has 0 fully saturated rings. The number of fused-ring (bicyclic) bond motifs is 1. The molecular weight excluding hydrogens is 268 g/mol. The maximum atomic E-state index is 3.44. The molecule has 2 nitrogen and oxygen atoms in total. The van der Waals surface area contributed by atoms with Gasteiger partial charge in [0, 0.05) is 24.1 Å². The Kier molecular flexibility index (Phi) is 4.58. The number of pyridine rings is 1. The number of hydrogen-bond acceptors (Lipinski definition) is 1. The Morgan fingerprint density at radius 1 is 1.09 bits per heavy atom. The topological polar surface area (TPSA) is 15.9 Å². The molecule has 1 aromatic carbocycles. The van der Waals surface area contributed by atoms with E-state index in [9.17, 15) is 0 Å². The SMILES string of the molecule is CC(C)c1ccc[n+](CC(C)c2ccc3c(c2)CCNC3)c1. The molecular formula is C20H27N2+. The summed E-state index contributed by atoms with van der Waals surface area (Å²) < 4.78 is 2.33. The molecule has 3 rings (SSSR count). The van der Waals surface area contributed by atoms with E-state index < -0.39 is 0 Å². The first-order valence-electron chi connectivity index (χ1n) is 8.45. The molecule has 0 amide bonds. The van der Waals surface area contributed by atoms with Crippen molar-refractivity contribution >= 4 is 0 Å². The smallest absolute Gasteiger partial charge is 0.172 e. The van der Waals surface area contributed by atoms with Crippen LogP contribution in [0.15, 0.2) is 42.7 Å². The summed E-state index contributed by atoms with van der Waals surface area (Å²) in [6.07, 6.45) is 5.64. The van der Waals surface area contributed by atoms with Gasteiger partial charge < -0.3 is 5.32 Å². The van der Waals surface area contributed by atoms with Gasteiger partial charge in [0.15, 0.2) is 18.9 Å². The number of nitrogens with zero attached hydrogens (tertiary/aromatic N) is 1. The molecule has 0 saturated heterocycles. The number of nitrogens with one attached hydrogen (secondary N) is 1. The fourth-order valence-corrected chi connectivity index (χ4v) is 3.22. The highest BCUT2D eigenvalue weighted by Crippen LogP contribution is 2.22. The summed E-state index contributed by atoms with van der Waals surface area (Å²) in [4.78, 5) is 0. The largest absolute Gasteiger partial charge is 0.312 e. The second-order valence-electron chi connectivity index (χ2n) is 6.84. The first-order valence-corrected chi connectivity index (χ1v) is 8.45. The van der Waals surface area contributed by atoms with Crippen LogP contribution in [0.25, 0.3) is 0 Å². The molecule has 2 heteroatoms. The summed E-state index contributed by atoms with van der Waals surface area (Å²) in [5, 5.41) is 3.44. The Hall–Kier alpha value is -1.67. The maximum absolute atomic E-state index is 3.44. The minimum Gasteiger partial charge on any atom is -0.312 e. The molecule has 0 aliphatic carbocycles. The Bertz CT molecular complexity index is 646. The van der Waals surface area contributed by atoms with E-state index in [2.05, 4.69) is 73.4 Å². The first kappa shape index (κ1) is 15.2. The van der Waals surface area contributed by atoms with Crippen molar-refractivity contribution in [3.63, 3.8) is 0 Å². The van der Waals surface area contributed by atoms with Gasteiger partial charge >= 0.3 is 0 Å². The number of benzene rings is 1. The second-order valence-corrected chi connectivity index (χ2v) is 6.84. The summed E-state index contributed by atoms with van der Waals surface area (Å²) in [7, 11) is 0. The molecule has 0 spiro atoms. The van der Waals surface area contributed by atoms with Crippen LogP contribution in [0.5, 0.6) is 0 Å². The lowest BCUT2D eigenvalue weighted by Gasteiger charge is -2.19. The average Bonchev–Trinajstić information content (AvgIpc) is 2.54. The van der Waals surface area contributed by atoms with E-state index in [-0.39, 0.29) is 0 Å². The van der Waals surface area contributed by atoms with Gasteiger partial charge in [0.2, 0.25) is 0 Å². The van der Waals surface area contributed by atoms with Crippen molar-refractivity contribution in [2.24, 2.45) is 0 Å². The van der Waals surface area contributed by atoms with Crippen molar-refractivity contribution < 1.29 is 4.57 Å². The van der Waals surface area contributed by atoms with Crippen LogP contribution in [-0.2, 0) is 19.5 Å². The van der Waals surface area contributed by atoms with Crippen LogP contribution in [0.4, 0.5) is 0 Å². The molecule has 116 valence electrons. The van der Waals surface area contributed by atoms with E-state index in [0.717, 1.165) is 26.1 Å². The molecule has 1 aliphatic rings. The fourth-order valence-electron chi connectivity index (χ4n) is 3.22. The van der Waals surface area contributed by atoms with Gasteiger partial charge in [0.05, 0.1) is 0 Å². The van der Waals surface area contributed by atoms with Crippen molar-refractivity contribution in [3.05, 3.63) is 65.0 Å². The minimum absolute atomic E-state index is 0.535. The molecule has 0 radical (unpaired) electrons. The van der Waals surface area contributed by atoms with Gasteiger partial charge in [0.1, 0.15) is 0 Å². The van der Waals surface area contributed by atoms with Crippen molar-refractivity contribution in [3.8, 4) is 0 Å². The highest BCUT2D eigenvalue weighted by molar-refractivity contribution is 5.35. The first-order chi connectivity index (χ1) is 10.6. The zero-order chi connectivity index (χ0) is 15.5. The Morgan fingerprint density at radius 2 is 1.95 bits per heavy atom. The standard InChI is InChI=1S/C20H27N2/c1-15(2)20-5-4-10-22(14-20)13-16(3)17-6-7-19-12-21-9-8-18(19)11-17/h4-7,10-11,14-16,21H,8-9,12-13H2,1-3H3/q+1. The lowest BCUT2D eigenvalue weighted by molar-refractivity contribution is -0.699. The number of rotatable bonds is 4. The van der Waals surface area contributed by atoms with Gasteiger partial charge in [-0.25, -0.2) is 4.57 Å². The summed E-state index contributed by atoms with van der Waals surface area (Å²) in [6, 6.07) is 11.4. The molecule has 2 aromatic rings. The van der Waals surface area contributed by atoms with Crippen LogP contribution in [0.1, 0.15) is 54.9 Å². The highest BCUT2D eigenvalue weighted by atomic mass is 14.9. The lowest BCUT2D eigenvalue weighted by Crippen LogP contribution is -2.36. The van der Waals surface area contributed by atoms with Crippen LogP contribution < -0.4 is 9.88 Å². The third kappa shape index (κ3) is 3.38. The summed E-state index contributed by atoms with van der Waals surface area (Å²) in [6.45, 7) is 10.0. The molecule has 1 N–H and O–H groups in total. The van der Waals surface area contributed by atoms with Gasteiger partial charge in [-0.1, -0.05) is 39.0 Å². The van der Waals surface area contributed by atoms with E-state index in [1.165, 1.54) is 22.3 Å². The third-order valence-electron chi connectivity index (χ3n) is 4.72. The van der Waals surface area contributed by atoms with E-state index in [1.54, 1.807) is 0 Å². The van der Waals surface area contributed by atoms with Crippen molar-refractivity contribution in [1.82, 2.24) is 5.32 Å². The average molecular weight is 295 g/mol. The Morgan fingerprint density at radius 3 is 2.77 bits per heavy atom. The fraction of sp³-hybridized carbons (Fsp3) is 0.450. The monoisotopic (exact) mass is 295 g/mol. The molecule has 1 unspecified atom stereocenters. The summed E-state index contributed by atoms with van der Waals surface area (Å²) >= 11 is 0. The molecule has 22 heavy (non-hydrogen) atoms. The number of hydrogen-bond donors (Lipinski definition) is 1. The van der Waals surface area contributed by atoms with Crippen molar-refractivity contribution in [2.75, 3.05) is 6.54 Å². The minimum atomic E-state index is 0.535. The number of aromatic nitrogens is 1. The maximum Gasteiger partial charge on any atom is 0.172 e. The molecule has 0 saturated carbocycles. The lowest BCUT2D eigenvalue weighted by atomic mass is 9.93. The summed E-state index contributed by atoms with van der Waals surface area (Å²) in [5.74, 6) is 1.12. The summed E-state index contributed by atoms with van der Waals surface area (Å²) in [5.41, 5.74) is 5.87. The Balaban J connectivity index is 1.76. The zero-order valence-electron chi connectivity index (χ0n) is 14.0. The third-order valence-corrected chi connectivity index (χ3v) is 4.72. The predicted octanol–water partition coefficient (Wildman–Crippen LogP) is 3.55. The molecule has 2 heterocycles. The van der Waals surface area contributed by atoms with Crippen LogP contribution in [0, 0.1) is 0 Å². The zero-order valence-corrected chi connectivity index (χ0v) is 14.0. The van der Waals surface area contributed by atoms with Crippen LogP contribution in [0.3, 0.4) is 0 Å². The normalized spacial score (nSPS) is 15.6. The van der Waals surface area contributed by atoms with Crippen molar-refractivity contribution in [2.45, 2.75) is 52.1 Å². The van der Waals surface area contributed by atoms with Crippen LogP contribution >= 0.6 is 0 Å². The predicted molar refractivity (Wildman–Crippen MR) is 91.0 cm³/mol. The molecule has 1 aromatic heterocycles. The Labute approximate surface area is 134 Å². The van der Waals surface area contributed by atoms with Crippen molar-refractivity contribution in [1.29, 1.82) is 0 Å². The van der Waals surface area contributed by atoms with E-state index in [4.69, 9.17) is 0 Å². The second kappa shape index (κ2) is 6.62. The van der Waals surface area contributed by atoms with Gasteiger partial charge in [-0.15, -0.1) is 0 Å². The molecule has 1 atom stereocenters. The highest BCUT2D eigenvalue weighted by Gasteiger charge is 2.16. The molecule has 1 aliphatic heterocycles. The van der Waals surface area contributed by atoms with Gasteiger partial charge in [-0.05, 0) is 41.6 Å². The van der Waals surface area contributed by atoms with Gasteiger partial charge in [-0.3, -0.25) is 0 Å². The van der Waals surface area contributed by atoms with Gasteiger partial charge in [0.25, 0.3) is 0 Å². The van der Waals surface area contributed by atoms with Gasteiger partial charge in [-0.2, -0.15) is 0 Å². The van der Waals surface area contributed by atoms with E-state index in [1.807, 2.05) is 0 Å². The molecule has 0 bridgehead atoms. The van der Waals surface area contributed by atoms with E-state index >= 15 is 0 Å².